The summed E-state index contributed by atoms with van der Waals surface area (Å²) >= 11 is 1.22. The number of rotatable bonds is 6. The highest BCUT2D eigenvalue weighted by atomic mass is 32.2. The molecule has 0 aliphatic rings. The average molecular weight is 397 g/mol. The van der Waals surface area contributed by atoms with Crippen LogP contribution >= 0.6 is 11.8 Å². The van der Waals surface area contributed by atoms with Gasteiger partial charge in [-0.3, -0.25) is 14.2 Å². The zero-order chi connectivity index (χ0) is 20.3. The van der Waals surface area contributed by atoms with Crippen LogP contribution in [0.3, 0.4) is 0 Å². The van der Waals surface area contributed by atoms with E-state index in [0.29, 0.717) is 22.0 Å². The van der Waals surface area contributed by atoms with E-state index in [2.05, 4.69) is 18.8 Å². The Labute approximate surface area is 168 Å². The molecule has 0 spiro atoms. The summed E-state index contributed by atoms with van der Waals surface area (Å²) in [5.41, 5.74) is 2.42. The Morgan fingerprint density at radius 3 is 2.46 bits per heavy atom. The van der Waals surface area contributed by atoms with Crippen LogP contribution in [0.2, 0.25) is 0 Å². The summed E-state index contributed by atoms with van der Waals surface area (Å²) in [7, 11) is 1.36. The first-order valence-electron chi connectivity index (χ1n) is 9.32. The molecule has 0 N–H and O–H groups in total. The van der Waals surface area contributed by atoms with Crippen LogP contribution in [0.5, 0.6) is 0 Å². The molecule has 28 heavy (non-hydrogen) atoms. The van der Waals surface area contributed by atoms with Gasteiger partial charge in [0.05, 0.1) is 23.7 Å². The summed E-state index contributed by atoms with van der Waals surface area (Å²) in [5.74, 6) is 0.0970. The molecule has 1 aromatic heterocycles. The van der Waals surface area contributed by atoms with Gasteiger partial charge in [-0.1, -0.05) is 49.9 Å². The molecule has 146 valence electrons. The number of esters is 1. The molecule has 5 nitrogen and oxygen atoms in total. The normalized spacial score (nSPS) is 13.3. The third-order valence-corrected chi connectivity index (χ3v) is 5.92. The van der Waals surface area contributed by atoms with Crippen molar-refractivity contribution in [2.24, 2.45) is 0 Å². The number of para-hydroxylation sites is 1. The predicted molar refractivity (Wildman–Crippen MR) is 113 cm³/mol. The van der Waals surface area contributed by atoms with Crippen LogP contribution < -0.4 is 5.56 Å². The van der Waals surface area contributed by atoms with Crippen LogP contribution in [-0.4, -0.2) is 27.9 Å². The minimum absolute atomic E-state index is 0.151. The van der Waals surface area contributed by atoms with Crippen LogP contribution in [0.4, 0.5) is 0 Å². The predicted octanol–water partition coefficient (Wildman–Crippen LogP) is 4.55. The van der Waals surface area contributed by atoms with Crippen molar-refractivity contribution in [2.45, 2.75) is 43.5 Å². The van der Waals surface area contributed by atoms with Crippen molar-refractivity contribution < 1.29 is 9.53 Å². The highest BCUT2D eigenvalue weighted by Crippen LogP contribution is 2.27. The van der Waals surface area contributed by atoms with Crippen LogP contribution in [0.15, 0.2) is 58.5 Å². The van der Waals surface area contributed by atoms with Gasteiger partial charge < -0.3 is 4.74 Å². The molecule has 0 amide bonds. The van der Waals surface area contributed by atoms with Gasteiger partial charge in [-0.05, 0) is 49.1 Å². The Balaban J connectivity index is 2.16. The van der Waals surface area contributed by atoms with Gasteiger partial charge in [0.2, 0.25) is 0 Å². The molecule has 0 saturated carbocycles. The molecule has 3 rings (SSSR count). The van der Waals surface area contributed by atoms with Crippen molar-refractivity contribution >= 4 is 28.6 Å². The molecule has 0 bridgehead atoms. The van der Waals surface area contributed by atoms with E-state index in [-0.39, 0.29) is 11.5 Å². The standard InChI is InChI=1S/C22H24N2O3S/c1-5-14(2)16-10-12-17(13-11-16)24-20(25)18-8-6-7-9-19(18)23-22(24)28-15(3)21(26)27-4/h6-15H,5H2,1-4H3. The largest absolute Gasteiger partial charge is 0.468 e. The number of hydrogen-bond donors (Lipinski definition) is 0. The molecule has 1 heterocycles. The monoisotopic (exact) mass is 396 g/mol. The van der Waals surface area contributed by atoms with E-state index in [4.69, 9.17) is 4.74 Å². The number of hydrogen-bond acceptors (Lipinski definition) is 5. The zero-order valence-electron chi connectivity index (χ0n) is 16.5. The number of methoxy groups -OCH3 is 1. The van der Waals surface area contributed by atoms with Gasteiger partial charge in [0.25, 0.3) is 5.56 Å². The lowest BCUT2D eigenvalue weighted by Gasteiger charge is -2.16. The fraction of sp³-hybridized carbons (Fsp3) is 0.318. The van der Waals surface area contributed by atoms with Crippen molar-refractivity contribution in [3.63, 3.8) is 0 Å². The van der Waals surface area contributed by atoms with Gasteiger partial charge in [0.1, 0.15) is 5.25 Å². The van der Waals surface area contributed by atoms with Crippen molar-refractivity contribution in [2.75, 3.05) is 7.11 Å². The fourth-order valence-electron chi connectivity index (χ4n) is 2.98. The van der Waals surface area contributed by atoms with Gasteiger partial charge in [-0.25, -0.2) is 4.98 Å². The topological polar surface area (TPSA) is 61.2 Å². The lowest BCUT2D eigenvalue weighted by atomic mass is 9.98. The molecular weight excluding hydrogens is 372 g/mol. The van der Waals surface area contributed by atoms with Crippen LogP contribution in [0.25, 0.3) is 16.6 Å². The third kappa shape index (κ3) is 3.97. The van der Waals surface area contributed by atoms with E-state index in [0.717, 1.165) is 12.1 Å². The summed E-state index contributed by atoms with van der Waals surface area (Å²) in [6.45, 7) is 6.07. The smallest absolute Gasteiger partial charge is 0.318 e. The van der Waals surface area contributed by atoms with E-state index in [9.17, 15) is 9.59 Å². The van der Waals surface area contributed by atoms with Gasteiger partial charge in [0.15, 0.2) is 5.16 Å². The Kier molecular flexibility index (Phi) is 6.19. The first kappa shape index (κ1) is 20.1. The summed E-state index contributed by atoms with van der Waals surface area (Å²) in [4.78, 5) is 29.8. The maximum Gasteiger partial charge on any atom is 0.318 e. The molecule has 3 aromatic rings. The fourth-order valence-corrected chi connectivity index (χ4v) is 3.93. The molecule has 0 radical (unpaired) electrons. The molecule has 0 saturated heterocycles. The van der Waals surface area contributed by atoms with E-state index in [1.165, 1.54) is 24.4 Å². The lowest BCUT2D eigenvalue weighted by molar-refractivity contribution is -0.139. The molecule has 0 fully saturated rings. The van der Waals surface area contributed by atoms with Gasteiger partial charge >= 0.3 is 5.97 Å². The summed E-state index contributed by atoms with van der Waals surface area (Å²) in [5, 5.41) is 0.533. The number of fused-ring (bicyclic) bond motifs is 1. The number of thioether (sulfide) groups is 1. The molecule has 0 aliphatic heterocycles. The quantitative estimate of drug-likeness (QED) is 0.347. The Morgan fingerprint density at radius 2 is 1.82 bits per heavy atom. The number of ether oxygens (including phenoxy) is 1. The Bertz CT molecular complexity index is 1040. The first-order chi connectivity index (χ1) is 13.5. The molecule has 6 heteroatoms. The van der Waals surface area contributed by atoms with E-state index < -0.39 is 5.25 Å². The third-order valence-electron chi connectivity index (χ3n) is 4.89. The van der Waals surface area contributed by atoms with Gasteiger partial charge in [-0.2, -0.15) is 0 Å². The van der Waals surface area contributed by atoms with E-state index in [1.807, 2.05) is 36.4 Å². The highest BCUT2D eigenvalue weighted by Gasteiger charge is 2.20. The molecule has 2 aromatic carbocycles. The van der Waals surface area contributed by atoms with Crippen LogP contribution in [0, 0.1) is 0 Å². The molecule has 2 atom stereocenters. The number of benzene rings is 2. The van der Waals surface area contributed by atoms with Crippen LogP contribution in [0.1, 0.15) is 38.7 Å². The van der Waals surface area contributed by atoms with Crippen molar-refractivity contribution in [1.82, 2.24) is 9.55 Å². The minimum Gasteiger partial charge on any atom is -0.468 e. The maximum absolute atomic E-state index is 13.2. The number of carbonyl (C=O) groups excluding carboxylic acids is 1. The second kappa shape index (κ2) is 8.61. The van der Waals surface area contributed by atoms with Crippen LogP contribution in [-0.2, 0) is 9.53 Å². The zero-order valence-corrected chi connectivity index (χ0v) is 17.3. The van der Waals surface area contributed by atoms with Crippen molar-refractivity contribution in [3.8, 4) is 5.69 Å². The molecule has 2 unspecified atom stereocenters. The number of nitrogens with zero attached hydrogens (tertiary/aromatic N) is 2. The lowest BCUT2D eigenvalue weighted by Crippen LogP contribution is -2.24. The molecular formula is C22H24N2O3S. The SMILES string of the molecule is CCC(C)c1ccc(-n2c(SC(C)C(=O)OC)nc3ccccc3c2=O)cc1. The summed E-state index contributed by atoms with van der Waals surface area (Å²) in [6, 6.07) is 15.2. The Morgan fingerprint density at radius 1 is 1.14 bits per heavy atom. The average Bonchev–Trinajstić information content (AvgIpc) is 2.73. The summed E-state index contributed by atoms with van der Waals surface area (Å²) < 4.78 is 6.40. The van der Waals surface area contributed by atoms with E-state index in [1.54, 1.807) is 23.6 Å². The number of aromatic nitrogens is 2. The first-order valence-corrected chi connectivity index (χ1v) is 10.2. The van der Waals surface area contributed by atoms with Gasteiger partial charge in [0, 0.05) is 0 Å². The van der Waals surface area contributed by atoms with Gasteiger partial charge in [-0.15, -0.1) is 0 Å². The van der Waals surface area contributed by atoms with Crippen molar-refractivity contribution in [1.29, 1.82) is 0 Å². The van der Waals surface area contributed by atoms with E-state index >= 15 is 0 Å². The molecule has 0 aliphatic carbocycles. The number of carbonyl (C=O) groups is 1. The minimum atomic E-state index is -0.483. The maximum atomic E-state index is 13.2. The highest BCUT2D eigenvalue weighted by molar-refractivity contribution is 8.00. The Hall–Kier alpha value is -2.60. The second-order valence-electron chi connectivity index (χ2n) is 6.74. The summed E-state index contributed by atoms with van der Waals surface area (Å²) in [6.07, 6.45) is 1.05. The second-order valence-corrected chi connectivity index (χ2v) is 8.04. The van der Waals surface area contributed by atoms with Crippen molar-refractivity contribution in [3.05, 3.63) is 64.4 Å².